The summed E-state index contributed by atoms with van der Waals surface area (Å²) in [5, 5.41) is 29.1. The largest absolute Gasteiger partial charge is 0.376 e. The molecule has 2 unspecified atom stereocenters. The average Bonchev–Trinajstić information content (AvgIpc) is 3.56. The molecule has 42 heavy (non-hydrogen) atoms. The van der Waals surface area contributed by atoms with Crippen LogP contribution >= 0.6 is 0 Å². The van der Waals surface area contributed by atoms with Crippen molar-refractivity contribution < 1.29 is 14.4 Å². The lowest BCUT2D eigenvalue weighted by molar-refractivity contribution is -0.0769. The van der Waals surface area contributed by atoms with Crippen LogP contribution in [0.1, 0.15) is 52.9 Å². The smallest absolute Gasteiger partial charge is 0.216 e. The van der Waals surface area contributed by atoms with Gasteiger partial charge >= 0.3 is 0 Å². The molecule has 0 radical (unpaired) electrons. The van der Waals surface area contributed by atoms with Gasteiger partial charge in [0, 0.05) is 48.4 Å². The number of benzene rings is 1. The fourth-order valence-corrected chi connectivity index (χ4v) is 5.73. The van der Waals surface area contributed by atoms with Crippen molar-refractivity contribution in [3.63, 3.8) is 0 Å². The average molecular weight is 559 g/mol. The fourth-order valence-electron chi connectivity index (χ4n) is 5.73. The van der Waals surface area contributed by atoms with Crippen LogP contribution in [0.15, 0.2) is 83.8 Å². The van der Waals surface area contributed by atoms with Crippen LogP contribution in [0.2, 0.25) is 0 Å². The molecule has 0 aliphatic carbocycles. The summed E-state index contributed by atoms with van der Waals surface area (Å²) in [4.78, 5) is 9.33. The Morgan fingerprint density at radius 2 is 1.71 bits per heavy atom. The molecule has 5 heterocycles. The third kappa shape index (κ3) is 4.29. The number of hydrogen-bond donors (Lipinski definition) is 2. The Labute approximate surface area is 243 Å². The van der Waals surface area contributed by atoms with Gasteiger partial charge in [-0.05, 0) is 62.2 Å². The summed E-state index contributed by atoms with van der Waals surface area (Å²) in [5.74, 6) is 0.725. The van der Waals surface area contributed by atoms with E-state index in [1.54, 1.807) is 12.4 Å². The number of rotatable bonds is 7. The maximum atomic E-state index is 11.1. The van der Waals surface area contributed by atoms with Crippen LogP contribution in [0.4, 0.5) is 5.69 Å². The van der Waals surface area contributed by atoms with Crippen LogP contribution in [-0.4, -0.2) is 37.9 Å². The highest BCUT2D eigenvalue weighted by atomic mass is 16.6. The molecule has 1 aromatic carbocycles. The van der Waals surface area contributed by atoms with Gasteiger partial charge in [0.2, 0.25) is 5.54 Å². The minimum Gasteiger partial charge on any atom is -0.376 e. The van der Waals surface area contributed by atoms with Gasteiger partial charge < -0.3 is 24.3 Å². The Morgan fingerprint density at radius 3 is 2.24 bits per heavy atom. The number of aryl methyl sites for hydroxylation is 2. The standard InChI is InChI=1S/C33H30N6O3/c1-20-25(30-21(2)38-42-22(30)3)17-27-31(37-20)26(23-11-13-24(14-12-23)32(40)41-4)18-39(27)33(19-34,28-9-5-7-15-35-28)29-10-6-8-16-36-29/h5-18,20,32,37,40H,1-4H3. The summed E-state index contributed by atoms with van der Waals surface area (Å²) in [6, 6.07) is 21.2. The maximum absolute atomic E-state index is 11.1. The lowest BCUT2D eigenvalue weighted by Gasteiger charge is -2.31. The van der Waals surface area contributed by atoms with Crippen molar-refractivity contribution >= 4 is 17.3 Å². The molecule has 1 aliphatic heterocycles. The van der Waals surface area contributed by atoms with E-state index in [-0.39, 0.29) is 6.04 Å². The molecule has 9 heteroatoms. The third-order valence-electron chi connectivity index (χ3n) is 7.81. The van der Waals surface area contributed by atoms with Gasteiger partial charge in [-0.1, -0.05) is 41.6 Å². The van der Waals surface area contributed by atoms with E-state index in [0.29, 0.717) is 17.0 Å². The number of ether oxygens (including phenoxy) is 1. The molecule has 5 aromatic rings. The summed E-state index contributed by atoms with van der Waals surface area (Å²) in [6.45, 7) is 5.92. The van der Waals surface area contributed by atoms with Crippen molar-refractivity contribution in [1.29, 1.82) is 5.26 Å². The molecular weight excluding hydrogens is 528 g/mol. The first-order valence-corrected chi connectivity index (χ1v) is 13.6. The Kier molecular flexibility index (Phi) is 6.94. The molecule has 0 saturated heterocycles. The van der Waals surface area contributed by atoms with Gasteiger partial charge in [-0.15, -0.1) is 0 Å². The molecule has 0 bridgehead atoms. The first-order chi connectivity index (χ1) is 20.4. The minimum absolute atomic E-state index is 0.0836. The summed E-state index contributed by atoms with van der Waals surface area (Å²) in [6.07, 6.45) is 6.44. The lowest BCUT2D eigenvalue weighted by atomic mass is 9.89. The molecule has 0 saturated carbocycles. The van der Waals surface area contributed by atoms with Gasteiger partial charge in [0.15, 0.2) is 6.29 Å². The quantitative estimate of drug-likeness (QED) is 0.238. The second kappa shape index (κ2) is 10.7. The van der Waals surface area contributed by atoms with Gasteiger partial charge in [-0.3, -0.25) is 9.97 Å². The summed E-state index contributed by atoms with van der Waals surface area (Å²) in [5.41, 5.74) is 6.51. The van der Waals surface area contributed by atoms with Crippen molar-refractivity contribution in [1.82, 2.24) is 19.7 Å². The normalized spacial score (nSPS) is 15.3. The number of aliphatic hydroxyl groups excluding tert-OH is 1. The maximum Gasteiger partial charge on any atom is 0.216 e. The SMILES string of the molecule is COC(O)c1ccc(-c2cn(C(C#N)(c3ccccn3)c3ccccn3)c3c2NC(C)C(c2c(C)noc2C)=C3)cc1. The van der Waals surface area contributed by atoms with Crippen LogP contribution in [0.25, 0.3) is 22.8 Å². The van der Waals surface area contributed by atoms with Gasteiger partial charge in [-0.25, -0.2) is 0 Å². The predicted octanol–water partition coefficient (Wildman–Crippen LogP) is 5.86. The van der Waals surface area contributed by atoms with E-state index in [0.717, 1.165) is 45.1 Å². The number of nitriles is 1. The Balaban J connectivity index is 1.67. The van der Waals surface area contributed by atoms with Crippen LogP contribution in [0.5, 0.6) is 0 Å². The van der Waals surface area contributed by atoms with Crippen LogP contribution in [0, 0.1) is 25.2 Å². The van der Waals surface area contributed by atoms with Crippen molar-refractivity contribution in [2.45, 2.75) is 38.6 Å². The predicted molar refractivity (Wildman–Crippen MR) is 159 cm³/mol. The Bertz CT molecular complexity index is 1740. The van der Waals surface area contributed by atoms with Gasteiger partial charge in [-0.2, -0.15) is 5.26 Å². The number of aliphatic hydroxyl groups is 1. The highest BCUT2D eigenvalue weighted by molar-refractivity contribution is 5.97. The van der Waals surface area contributed by atoms with Crippen molar-refractivity contribution in [3.8, 4) is 17.2 Å². The number of anilines is 1. The number of fused-ring (bicyclic) bond motifs is 1. The molecule has 9 nitrogen and oxygen atoms in total. The number of aromatic nitrogens is 4. The van der Waals surface area contributed by atoms with Crippen LogP contribution < -0.4 is 5.32 Å². The number of methoxy groups -OCH3 is 1. The summed E-state index contributed by atoms with van der Waals surface area (Å²) < 4.78 is 12.6. The van der Waals surface area contributed by atoms with Gasteiger partial charge in [0.1, 0.15) is 11.8 Å². The van der Waals surface area contributed by atoms with Crippen molar-refractivity contribution in [2.24, 2.45) is 0 Å². The number of nitrogens with one attached hydrogen (secondary N) is 1. The van der Waals surface area contributed by atoms with E-state index in [9.17, 15) is 10.4 Å². The topological polar surface area (TPSA) is 122 Å². The van der Waals surface area contributed by atoms with E-state index >= 15 is 0 Å². The molecule has 0 amide bonds. The zero-order valence-electron chi connectivity index (χ0n) is 23.7. The molecule has 6 rings (SSSR count). The van der Waals surface area contributed by atoms with Crippen molar-refractivity contribution in [2.75, 3.05) is 12.4 Å². The number of nitrogens with zero attached hydrogens (tertiary/aromatic N) is 5. The number of hydrogen-bond acceptors (Lipinski definition) is 8. The number of pyridine rings is 2. The Hall–Kier alpha value is -5.04. The molecule has 1 aliphatic rings. The minimum atomic E-state index is -1.39. The first kappa shape index (κ1) is 27.1. The molecule has 2 atom stereocenters. The summed E-state index contributed by atoms with van der Waals surface area (Å²) in [7, 11) is 1.46. The fraction of sp³-hybridized carbons (Fsp3) is 0.212. The van der Waals surface area contributed by atoms with Gasteiger partial charge in [0.05, 0.1) is 28.5 Å². The highest BCUT2D eigenvalue weighted by Crippen LogP contribution is 2.46. The second-order valence-electron chi connectivity index (χ2n) is 10.3. The molecule has 2 N–H and O–H groups in total. The molecular formula is C33H30N6O3. The monoisotopic (exact) mass is 558 g/mol. The van der Waals surface area contributed by atoms with E-state index in [2.05, 4.69) is 39.5 Å². The van der Waals surface area contributed by atoms with E-state index in [1.807, 2.05) is 85.3 Å². The molecule has 4 aromatic heterocycles. The Morgan fingerprint density at radius 1 is 1.05 bits per heavy atom. The van der Waals surface area contributed by atoms with Crippen LogP contribution in [-0.2, 0) is 10.3 Å². The van der Waals surface area contributed by atoms with Crippen molar-refractivity contribution in [3.05, 3.63) is 119 Å². The zero-order valence-corrected chi connectivity index (χ0v) is 23.7. The molecule has 0 spiro atoms. The second-order valence-corrected chi connectivity index (χ2v) is 10.3. The van der Waals surface area contributed by atoms with Crippen LogP contribution in [0.3, 0.4) is 0 Å². The van der Waals surface area contributed by atoms with E-state index in [1.165, 1.54) is 7.11 Å². The lowest BCUT2D eigenvalue weighted by Crippen LogP contribution is -2.37. The van der Waals surface area contributed by atoms with Gasteiger partial charge in [0.25, 0.3) is 0 Å². The van der Waals surface area contributed by atoms with E-state index < -0.39 is 11.8 Å². The highest BCUT2D eigenvalue weighted by Gasteiger charge is 2.43. The first-order valence-electron chi connectivity index (χ1n) is 13.6. The molecule has 210 valence electrons. The zero-order chi connectivity index (χ0) is 29.4. The molecule has 0 fully saturated rings. The summed E-state index contributed by atoms with van der Waals surface area (Å²) >= 11 is 0. The third-order valence-corrected chi connectivity index (χ3v) is 7.81. The van der Waals surface area contributed by atoms with E-state index in [4.69, 9.17) is 9.26 Å².